The maximum absolute atomic E-state index is 12.0. The summed E-state index contributed by atoms with van der Waals surface area (Å²) in [6, 6.07) is 6.21. The number of β-lactam (4-membered cyclic amide) rings is 1. The van der Waals surface area contributed by atoms with E-state index in [0.29, 0.717) is 6.61 Å². The third-order valence-electron chi connectivity index (χ3n) is 3.98. The van der Waals surface area contributed by atoms with Gasteiger partial charge in [0.05, 0.1) is 11.0 Å². The molecule has 2 heterocycles. The van der Waals surface area contributed by atoms with Crippen molar-refractivity contribution in [2.45, 2.75) is 24.5 Å². The number of non-ortho nitro benzene ring substituents is 1. The lowest BCUT2D eigenvalue weighted by atomic mass is 9.76. The van der Waals surface area contributed by atoms with Crippen LogP contribution < -0.4 is 0 Å². The zero-order valence-corrected chi connectivity index (χ0v) is 10.5. The molecular weight excluding hydrogens is 248 g/mol. The summed E-state index contributed by atoms with van der Waals surface area (Å²) >= 11 is 0. The third kappa shape index (κ3) is 1.56. The highest BCUT2D eigenvalue weighted by molar-refractivity contribution is 5.93. The molecule has 2 atom stereocenters. The van der Waals surface area contributed by atoms with Crippen LogP contribution in [0.1, 0.15) is 24.4 Å². The van der Waals surface area contributed by atoms with Gasteiger partial charge in [0.25, 0.3) is 11.6 Å². The predicted octanol–water partition coefficient (Wildman–Crippen LogP) is 1.66. The summed E-state index contributed by atoms with van der Waals surface area (Å²) in [5.74, 6) is 0.00773. The van der Waals surface area contributed by atoms with E-state index in [1.165, 1.54) is 12.1 Å². The van der Waals surface area contributed by atoms with Gasteiger partial charge in [0.15, 0.2) is 5.60 Å². The summed E-state index contributed by atoms with van der Waals surface area (Å²) < 4.78 is 5.68. The number of nitrogens with zero attached hydrogens (tertiary/aromatic N) is 2. The van der Waals surface area contributed by atoms with Crippen LogP contribution in [-0.2, 0) is 9.53 Å². The number of hydrogen-bond donors (Lipinski definition) is 0. The van der Waals surface area contributed by atoms with Crippen molar-refractivity contribution in [3.63, 3.8) is 0 Å². The Hall–Kier alpha value is -1.95. The molecule has 0 unspecified atom stereocenters. The lowest BCUT2D eigenvalue weighted by molar-refractivity contribution is -0.384. The number of hydrogen-bond acceptors (Lipinski definition) is 4. The number of nitro groups is 1. The number of amides is 1. The first-order chi connectivity index (χ1) is 9.06. The summed E-state index contributed by atoms with van der Waals surface area (Å²) in [7, 11) is 1.74. The van der Waals surface area contributed by atoms with Crippen molar-refractivity contribution in [1.29, 1.82) is 0 Å². The number of ether oxygens (including phenoxy) is 1. The topological polar surface area (TPSA) is 72.7 Å². The lowest BCUT2D eigenvalue weighted by Crippen LogP contribution is -2.66. The molecule has 2 fully saturated rings. The highest BCUT2D eigenvalue weighted by atomic mass is 16.6. The molecule has 1 aromatic carbocycles. The van der Waals surface area contributed by atoms with E-state index in [1.54, 1.807) is 24.1 Å². The Kier molecular flexibility index (Phi) is 2.56. The first-order valence-corrected chi connectivity index (χ1v) is 6.22. The van der Waals surface area contributed by atoms with Gasteiger partial charge in [-0.2, -0.15) is 0 Å². The van der Waals surface area contributed by atoms with Crippen LogP contribution in [-0.4, -0.2) is 35.0 Å². The van der Waals surface area contributed by atoms with E-state index in [9.17, 15) is 14.9 Å². The summed E-state index contributed by atoms with van der Waals surface area (Å²) in [4.78, 5) is 23.9. The molecule has 0 bridgehead atoms. The second kappa shape index (κ2) is 4.03. The summed E-state index contributed by atoms with van der Waals surface area (Å²) in [5, 5.41) is 10.6. The van der Waals surface area contributed by atoms with Gasteiger partial charge < -0.3 is 9.64 Å². The summed E-state index contributed by atoms with van der Waals surface area (Å²) in [5.41, 5.74) is 0.207. The summed E-state index contributed by atoms with van der Waals surface area (Å²) in [6.07, 6.45) is 1.60. The Morgan fingerprint density at radius 2 is 2.11 bits per heavy atom. The maximum Gasteiger partial charge on any atom is 0.269 e. The molecular formula is C13H14N2O4. The quantitative estimate of drug-likeness (QED) is 0.461. The standard InChI is InChI=1S/C13H14N2O4/c1-14-11(13(12(14)16)7-2-8-19-13)9-3-5-10(6-4-9)15(17)18/h3-6,11H,2,7-8H2,1H3/t11-,13+/m0/s1. The van der Waals surface area contributed by atoms with Crippen LogP contribution in [0.5, 0.6) is 0 Å². The average molecular weight is 262 g/mol. The molecule has 19 heavy (non-hydrogen) atoms. The number of carbonyl (C=O) groups excluding carboxylic acids is 1. The molecule has 2 aliphatic heterocycles. The van der Waals surface area contributed by atoms with Crippen molar-refractivity contribution >= 4 is 11.6 Å². The molecule has 1 aromatic rings. The fourth-order valence-electron chi connectivity index (χ4n) is 3.10. The van der Waals surface area contributed by atoms with Gasteiger partial charge in [-0.05, 0) is 18.4 Å². The zero-order chi connectivity index (χ0) is 13.6. The van der Waals surface area contributed by atoms with Gasteiger partial charge in [-0.1, -0.05) is 12.1 Å². The molecule has 0 aliphatic carbocycles. The van der Waals surface area contributed by atoms with E-state index < -0.39 is 10.5 Å². The number of benzene rings is 1. The van der Waals surface area contributed by atoms with Crippen LogP contribution in [0.2, 0.25) is 0 Å². The van der Waals surface area contributed by atoms with Crippen molar-refractivity contribution in [3.05, 3.63) is 39.9 Å². The van der Waals surface area contributed by atoms with Crippen LogP contribution in [0.25, 0.3) is 0 Å². The minimum atomic E-state index is -0.731. The number of rotatable bonds is 2. The predicted molar refractivity (Wildman–Crippen MR) is 66.5 cm³/mol. The minimum absolute atomic E-state index is 0.00773. The van der Waals surface area contributed by atoms with Crippen LogP contribution in [0.3, 0.4) is 0 Å². The Balaban J connectivity index is 1.92. The van der Waals surface area contributed by atoms with Crippen molar-refractivity contribution < 1.29 is 14.5 Å². The number of likely N-dealkylation sites (N-methyl/N-ethyl adjacent to an activating group) is 1. The summed E-state index contributed by atoms with van der Waals surface area (Å²) in [6.45, 7) is 0.600. The van der Waals surface area contributed by atoms with E-state index in [1.807, 2.05) is 0 Å². The second-order valence-corrected chi connectivity index (χ2v) is 5.01. The van der Waals surface area contributed by atoms with E-state index in [2.05, 4.69) is 0 Å². The number of carbonyl (C=O) groups is 1. The van der Waals surface area contributed by atoms with Gasteiger partial charge in [-0.3, -0.25) is 14.9 Å². The Labute approximate surface area is 110 Å². The number of likely N-dealkylation sites (tertiary alicyclic amines) is 1. The lowest BCUT2D eigenvalue weighted by Gasteiger charge is -2.52. The van der Waals surface area contributed by atoms with Gasteiger partial charge in [0.1, 0.15) is 0 Å². The van der Waals surface area contributed by atoms with Crippen molar-refractivity contribution in [1.82, 2.24) is 4.90 Å². The molecule has 6 heteroatoms. The fourth-order valence-corrected chi connectivity index (χ4v) is 3.10. The Morgan fingerprint density at radius 1 is 1.42 bits per heavy atom. The molecule has 1 amide bonds. The largest absolute Gasteiger partial charge is 0.363 e. The molecule has 6 nitrogen and oxygen atoms in total. The van der Waals surface area contributed by atoms with Crippen LogP contribution in [0, 0.1) is 10.1 Å². The molecule has 3 rings (SSSR count). The van der Waals surface area contributed by atoms with Gasteiger partial charge in [0, 0.05) is 25.8 Å². The molecule has 2 aliphatic rings. The second-order valence-electron chi connectivity index (χ2n) is 5.01. The highest BCUT2D eigenvalue weighted by Crippen LogP contribution is 2.50. The van der Waals surface area contributed by atoms with Crippen molar-refractivity contribution in [2.75, 3.05) is 13.7 Å². The first kappa shape index (κ1) is 12.1. The van der Waals surface area contributed by atoms with E-state index in [-0.39, 0.29) is 17.6 Å². The molecule has 0 radical (unpaired) electrons. The van der Waals surface area contributed by atoms with Gasteiger partial charge in [-0.15, -0.1) is 0 Å². The average Bonchev–Trinajstić information content (AvgIpc) is 2.91. The normalized spacial score (nSPS) is 29.6. The highest BCUT2D eigenvalue weighted by Gasteiger charge is 2.62. The number of nitro benzene ring substituents is 1. The van der Waals surface area contributed by atoms with Gasteiger partial charge in [-0.25, -0.2) is 0 Å². The third-order valence-corrected chi connectivity index (χ3v) is 3.98. The maximum atomic E-state index is 12.0. The first-order valence-electron chi connectivity index (χ1n) is 6.22. The van der Waals surface area contributed by atoms with Gasteiger partial charge in [0.2, 0.25) is 0 Å². The van der Waals surface area contributed by atoms with Crippen molar-refractivity contribution in [2.24, 2.45) is 0 Å². The fraction of sp³-hybridized carbons (Fsp3) is 0.462. The van der Waals surface area contributed by atoms with Crippen LogP contribution in [0.4, 0.5) is 5.69 Å². The smallest absolute Gasteiger partial charge is 0.269 e. The SMILES string of the molecule is CN1C(=O)[C@@]2(CCCO2)[C@@H]1c1ccc([N+](=O)[O-])cc1. The zero-order valence-electron chi connectivity index (χ0n) is 10.5. The van der Waals surface area contributed by atoms with E-state index in [4.69, 9.17) is 4.74 Å². The molecule has 0 N–H and O–H groups in total. The van der Waals surface area contributed by atoms with Crippen LogP contribution >= 0.6 is 0 Å². The van der Waals surface area contributed by atoms with Crippen LogP contribution in [0.15, 0.2) is 24.3 Å². The Bertz CT molecular complexity index is 534. The molecule has 1 spiro atoms. The van der Waals surface area contributed by atoms with E-state index in [0.717, 1.165) is 18.4 Å². The molecule has 2 saturated heterocycles. The molecule has 100 valence electrons. The molecule has 0 saturated carbocycles. The van der Waals surface area contributed by atoms with E-state index >= 15 is 0 Å². The monoisotopic (exact) mass is 262 g/mol. The van der Waals surface area contributed by atoms with Crippen molar-refractivity contribution in [3.8, 4) is 0 Å². The Morgan fingerprint density at radius 3 is 2.63 bits per heavy atom. The minimum Gasteiger partial charge on any atom is -0.363 e. The molecule has 0 aromatic heterocycles. The van der Waals surface area contributed by atoms with Gasteiger partial charge >= 0.3 is 0 Å².